The number of benzene rings is 1. The summed E-state index contributed by atoms with van der Waals surface area (Å²) in [5.41, 5.74) is 7.74. The van der Waals surface area contributed by atoms with Crippen LogP contribution < -0.4 is 5.73 Å². The van der Waals surface area contributed by atoms with Crippen molar-refractivity contribution in [2.75, 3.05) is 12.3 Å². The summed E-state index contributed by atoms with van der Waals surface area (Å²) in [6.07, 6.45) is 1.65. The lowest BCUT2D eigenvalue weighted by atomic mass is 10.2. The van der Waals surface area contributed by atoms with Crippen LogP contribution in [0.15, 0.2) is 47.5 Å². The Labute approximate surface area is 125 Å². The Balaban J connectivity index is 2.35. The number of nitrogens with two attached hydrogens (primary N) is 1. The Kier molecular flexibility index (Phi) is 4.59. The van der Waals surface area contributed by atoms with Crippen molar-refractivity contribution >= 4 is 15.7 Å². The quantitative estimate of drug-likeness (QED) is 0.859. The highest BCUT2D eigenvalue weighted by Crippen LogP contribution is 2.21. The van der Waals surface area contributed by atoms with Crippen LogP contribution in [0.5, 0.6) is 0 Å². The first-order chi connectivity index (χ1) is 9.93. The average molecular weight is 305 g/mol. The molecule has 21 heavy (non-hydrogen) atoms. The van der Waals surface area contributed by atoms with Gasteiger partial charge in [-0.1, -0.05) is 13.0 Å². The zero-order chi connectivity index (χ0) is 15.5. The molecule has 2 aromatic rings. The summed E-state index contributed by atoms with van der Waals surface area (Å²) in [5.74, 6) is 0. The topological polar surface area (TPSA) is 76.3 Å². The zero-order valence-electron chi connectivity index (χ0n) is 12.2. The van der Waals surface area contributed by atoms with E-state index in [2.05, 4.69) is 4.98 Å². The highest BCUT2D eigenvalue weighted by Gasteiger charge is 2.24. The Hall–Kier alpha value is -1.92. The summed E-state index contributed by atoms with van der Waals surface area (Å²) in [6.45, 7) is 4.24. The van der Waals surface area contributed by atoms with Gasteiger partial charge in [0.25, 0.3) is 0 Å². The van der Waals surface area contributed by atoms with E-state index >= 15 is 0 Å². The number of anilines is 1. The molecule has 1 heterocycles. The molecule has 0 aliphatic rings. The minimum Gasteiger partial charge on any atom is -0.399 e. The van der Waals surface area contributed by atoms with Crippen molar-refractivity contribution < 1.29 is 8.42 Å². The Morgan fingerprint density at radius 1 is 1.24 bits per heavy atom. The van der Waals surface area contributed by atoms with Crippen molar-refractivity contribution in [3.63, 3.8) is 0 Å². The molecule has 112 valence electrons. The summed E-state index contributed by atoms with van der Waals surface area (Å²) < 4.78 is 26.8. The summed E-state index contributed by atoms with van der Waals surface area (Å²) in [6, 6.07) is 10.3. The normalized spacial score (nSPS) is 11.8. The molecule has 0 amide bonds. The number of sulfonamides is 1. The van der Waals surface area contributed by atoms with Crippen LogP contribution in [-0.2, 0) is 16.6 Å². The minimum atomic E-state index is -3.58. The first-order valence-electron chi connectivity index (χ1n) is 6.70. The van der Waals surface area contributed by atoms with Crippen LogP contribution >= 0.6 is 0 Å². The van der Waals surface area contributed by atoms with Crippen LogP contribution in [0.4, 0.5) is 5.69 Å². The van der Waals surface area contributed by atoms with E-state index in [0.717, 1.165) is 5.56 Å². The SMILES string of the molecule is CCN(Cc1ccccn1)S(=O)(=O)c1cc(C)cc(N)c1. The molecule has 0 spiro atoms. The van der Waals surface area contributed by atoms with E-state index in [1.807, 2.05) is 19.1 Å². The molecule has 0 bridgehead atoms. The van der Waals surface area contributed by atoms with Gasteiger partial charge in [-0.25, -0.2) is 8.42 Å². The van der Waals surface area contributed by atoms with Gasteiger partial charge in [0, 0.05) is 18.4 Å². The lowest BCUT2D eigenvalue weighted by Gasteiger charge is -2.20. The highest BCUT2D eigenvalue weighted by molar-refractivity contribution is 7.89. The van der Waals surface area contributed by atoms with E-state index in [0.29, 0.717) is 17.9 Å². The number of pyridine rings is 1. The summed E-state index contributed by atoms with van der Waals surface area (Å²) in [5, 5.41) is 0. The first-order valence-corrected chi connectivity index (χ1v) is 8.14. The summed E-state index contributed by atoms with van der Waals surface area (Å²) >= 11 is 0. The molecule has 1 aromatic carbocycles. The molecule has 0 atom stereocenters. The summed E-state index contributed by atoms with van der Waals surface area (Å²) in [4.78, 5) is 4.40. The number of nitrogen functional groups attached to an aromatic ring is 1. The largest absolute Gasteiger partial charge is 0.399 e. The molecule has 0 saturated carbocycles. The molecule has 6 heteroatoms. The predicted octanol–water partition coefficient (Wildman–Crippen LogP) is 2.18. The van der Waals surface area contributed by atoms with E-state index < -0.39 is 10.0 Å². The zero-order valence-corrected chi connectivity index (χ0v) is 13.0. The lowest BCUT2D eigenvalue weighted by Crippen LogP contribution is -2.30. The van der Waals surface area contributed by atoms with E-state index in [1.54, 1.807) is 31.3 Å². The van der Waals surface area contributed by atoms with Gasteiger partial charge in [0.15, 0.2) is 0 Å². The Bertz CT molecular complexity index is 695. The second kappa shape index (κ2) is 6.24. The van der Waals surface area contributed by atoms with Gasteiger partial charge in [0.2, 0.25) is 10.0 Å². The molecule has 0 radical (unpaired) electrons. The Morgan fingerprint density at radius 3 is 2.57 bits per heavy atom. The summed E-state index contributed by atoms with van der Waals surface area (Å²) in [7, 11) is -3.58. The number of aryl methyl sites for hydroxylation is 1. The molecular weight excluding hydrogens is 286 g/mol. The third kappa shape index (κ3) is 3.59. The van der Waals surface area contributed by atoms with Gasteiger partial charge >= 0.3 is 0 Å². The van der Waals surface area contributed by atoms with Crippen LogP contribution in [0.25, 0.3) is 0 Å². The van der Waals surface area contributed by atoms with Gasteiger partial charge in [0.1, 0.15) is 0 Å². The van der Waals surface area contributed by atoms with E-state index in [4.69, 9.17) is 5.73 Å². The van der Waals surface area contributed by atoms with Crippen molar-refractivity contribution in [3.8, 4) is 0 Å². The molecule has 2 rings (SSSR count). The fourth-order valence-electron chi connectivity index (χ4n) is 2.11. The first kappa shape index (κ1) is 15.5. The third-order valence-electron chi connectivity index (χ3n) is 3.13. The Morgan fingerprint density at radius 2 is 2.00 bits per heavy atom. The number of hydrogen-bond donors (Lipinski definition) is 1. The molecule has 1 aromatic heterocycles. The van der Waals surface area contributed by atoms with Crippen LogP contribution in [0.3, 0.4) is 0 Å². The number of nitrogens with zero attached hydrogens (tertiary/aromatic N) is 2. The third-order valence-corrected chi connectivity index (χ3v) is 5.03. The van der Waals surface area contributed by atoms with Crippen molar-refractivity contribution in [3.05, 3.63) is 53.9 Å². The smallest absolute Gasteiger partial charge is 0.243 e. The van der Waals surface area contributed by atoms with E-state index in [1.165, 1.54) is 10.4 Å². The minimum absolute atomic E-state index is 0.220. The molecule has 0 aliphatic heterocycles. The van der Waals surface area contributed by atoms with Crippen molar-refractivity contribution in [2.24, 2.45) is 0 Å². The molecule has 0 fully saturated rings. The molecule has 5 nitrogen and oxygen atoms in total. The number of rotatable bonds is 5. The number of aromatic nitrogens is 1. The monoisotopic (exact) mass is 305 g/mol. The van der Waals surface area contributed by atoms with Gasteiger partial charge in [-0.05, 0) is 42.8 Å². The van der Waals surface area contributed by atoms with Gasteiger partial charge in [-0.15, -0.1) is 0 Å². The molecule has 0 unspecified atom stereocenters. The van der Waals surface area contributed by atoms with Crippen LogP contribution in [0.1, 0.15) is 18.2 Å². The molecule has 0 saturated heterocycles. The molecule has 2 N–H and O–H groups in total. The second-order valence-electron chi connectivity index (χ2n) is 4.83. The maximum atomic E-state index is 12.7. The van der Waals surface area contributed by atoms with Crippen LogP contribution in [0, 0.1) is 6.92 Å². The average Bonchev–Trinajstić information content (AvgIpc) is 2.44. The van der Waals surface area contributed by atoms with Crippen molar-refractivity contribution in [1.29, 1.82) is 0 Å². The van der Waals surface area contributed by atoms with Crippen LogP contribution in [0.2, 0.25) is 0 Å². The van der Waals surface area contributed by atoms with E-state index in [9.17, 15) is 8.42 Å². The highest BCUT2D eigenvalue weighted by atomic mass is 32.2. The number of hydrogen-bond acceptors (Lipinski definition) is 4. The predicted molar refractivity (Wildman–Crippen MR) is 83.1 cm³/mol. The van der Waals surface area contributed by atoms with Crippen molar-refractivity contribution in [2.45, 2.75) is 25.3 Å². The molecule has 0 aliphatic carbocycles. The standard InChI is InChI=1S/C15H19N3O2S/c1-3-18(11-14-6-4-5-7-17-14)21(19,20)15-9-12(2)8-13(16)10-15/h4-10H,3,11,16H2,1-2H3. The second-order valence-corrected chi connectivity index (χ2v) is 6.77. The fourth-order valence-corrected chi connectivity index (χ4v) is 3.67. The van der Waals surface area contributed by atoms with Gasteiger partial charge in [-0.3, -0.25) is 4.98 Å². The van der Waals surface area contributed by atoms with Gasteiger partial charge in [0.05, 0.1) is 17.1 Å². The van der Waals surface area contributed by atoms with Gasteiger partial charge in [-0.2, -0.15) is 4.31 Å². The lowest BCUT2D eigenvalue weighted by molar-refractivity contribution is 0.419. The van der Waals surface area contributed by atoms with Crippen LogP contribution in [-0.4, -0.2) is 24.3 Å². The van der Waals surface area contributed by atoms with Gasteiger partial charge < -0.3 is 5.73 Å². The van der Waals surface area contributed by atoms with Crippen molar-refractivity contribution in [1.82, 2.24) is 9.29 Å². The maximum absolute atomic E-state index is 12.7. The maximum Gasteiger partial charge on any atom is 0.243 e. The molecular formula is C15H19N3O2S. The van der Waals surface area contributed by atoms with E-state index in [-0.39, 0.29) is 11.4 Å². The fraction of sp³-hybridized carbons (Fsp3) is 0.267.